The van der Waals surface area contributed by atoms with E-state index in [4.69, 9.17) is 9.16 Å². The second kappa shape index (κ2) is 20.7. The van der Waals surface area contributed by atoms with Crippen LogP contribution in [0.5, 0.6) is 0 Å². The Morgan fingerprint density at radius 3 is 1.85 bits per heavy atom. The molecule has 40 heavy (non-hydrogen) atoms. The summed E-state index contributed by atoms with van der Waals surface area (Å²) in [6.45, 7) is 15.9. The van der Waals surface area contributed by atoms with Gasteiger partial charge in [-0.1, -0.05) is 148 Å². The van der Waals surface area contributed by atoms with E-state index in [-0.39, 0.29) is 29.6 Å². The van der Waals surface area contributed by atoms with Crippen molar-refractivity contribution in [3.8, 4) is 0 Å². The summed E-state index contributed by atoms with van der Waals surface area (Å²) in [6.07, 6.45) is 17.1. The lowest BCUT2D eigenvalue weighted by Gasteiger charge is -2.41. The summed E-state index contributed by atoms with van der Waals surface area (Å²) in [5, 5.41) is 11.2. The number of esters is 1. The van der Waals surface area contributed by atoms with Gasteiger partial charge in [-0.15, -0.1) is 0 Å². The van der Waals surface area contributed by atoms with Gasteiger partial charge in [-0.25, -0.2) is 0 Å². The molecular weight excluding hydrogens is 512 g/mol. The van der Waals surface area contributed by atoms with E-state index in [1.807, 2.05) is 30.3 Å². The molecule has 1 aromatic rings. The van der Waals surface area contributed by atoms with Gasteiger partial charge in [0, 0.05) is 0 Å². The average Bonchev–Trinajstić information content (AvgIpc) is 2.90. The fraction of sp³-hybridized carbons (Fsp3) is 0.800. The highest BCUT2D eigenvalue weighted by Gasteiger charge is 2.42. The monoisotopic (exact) mass is 576 g/mol. The number of ether oxygens (including phenoxy) is 1. The Balaban J connectivity index is 2.87. The Labute approximate surface area is 249 Å². The number of benzene rings is 1. The molecule has 0 bridgehead atoms. The molecule has 0 saturated carbocycles. The summed E-state index contributed by atoms with van der Waals surface area (Å²) < 4.78 is 12.8. The topological polar surface area (TPSA) is 55.8 Å². The van der Waals surface area contributed by atoms with Crippen LogP contribution in [0.4, 0.5) is 0 Å². The minimum atomic E-state index is -2.17. The van der Waals surface area contributed by atoms with Crippen LogP contribution in [-0.2, 0) is 20.6 Å². The molecule has 0 aromatic heterocycles. The lowest BCUT2D eigenvalue weighted by atomic mass is 9.90. The Bertz CT molecular complexity index is 758. The maximum Gasteiger partial charge on any atom is 0.311 e. The van der Waals surface area contributed by atoms with Crippen molar-refractivity contribution in [2.45, 2.75) is 174 Å². The summed E-state index contributed by atoms with van der Waals surface area (Å²) in [5.74, 6) is -0.535. The standard InChI is InChI=1S/C35H64O4Si/c1-8-10-12-14-15-16-17-18-22-26-31(36)28-33(39-40(6,7)35(3,4)5)32(27-23-13-11-9-2)34(37)38-29-30-24-20-19-21-25-30/h19-21,24-25,31-33,36H,8-18,22-23,26-29H2,1-7H3/t31-,32+,33+/m1/s1. The van der Waals surface area contributed by atoms with Gasteiger partial charge < -0.3 is 14.3 Å². The van der Waals surface area contributed by atoms with E-state index in [2.05, 4.69) is 47.7 Å². The molecule has 0 fully saturated rings. The van der Waals surface area contributed by atoms with Gasteiger partial charge in [0.15, 0.2) is 8.32 Å². The van der Waals surface area contributed by atoms with Gasteiger partial charge >= 0.3 is 5.97 Å². The fourth-order valence-corrected chi connectivity index (χ4v) is 6.38. The van der Waals surface area contributed by atoms with Crippen molar-refractivity contribution in [2.75, 3.05) is 0 Å². The highest BCUT2D eigenvalue weighted by atomic mass is 28.4. The normalized spacial score (nSPS) is 14.6. The first-order valence-corrected chi connectivity index (χ1v) is 19.5. The molecule has 0 saturated heterocycles. The Hall–Kier alpha value is -1.17. The predicted octanol–water partition coefficient (Wildman–Crippen LogP) is 10.4. The number of carbonyl (C=O) groups is 1. The summed E-state index contributed by atoms with van der Waals surface area (Å²) in [7, 11) is -2.17. The van der Waals surface area contributed by atoms with Gasteiger partial charge in [-0.05, 0) is 43.0 Å². The van der Waals surface area contributed by atoms with Crippen LogP contribution < -0.4 is 0 Å². The van der Waals surface area contributed by atoms with E-state index < -0.39 is 14.4 Å². The average molecular weight is 577 g/mol. The van der Waals surface area contributed by atoms with Gasteiger partial charge in [-0.3, -0.25) is 4.79 Å². The molecule has 5 heteroatoms. The number of aliphatic hydroxyl groups is 1. The number of unbranched alkanes of at least 4 members (excludes halogenated alkanes) is 11. The molecule has 232 valence electrons. The van der Waals surface area contributed by atoms with Crippen LogP contribution in [0.15, 0.2) is 30.3 Å². The third-order valence-corrected chi connectivity index (χ3v) is 13.2. The predicted molar refractivity (Wildman–Crippen MR) is 173 cm³/mol. The first-order valence-electron chi connectivity index (χ1n) is 16.6. The maximum atomic E-state index is 13.6. The molecule has 0 spiro atoms. The van der Waals surface area contributed by atoms with Crippen molar-refractivity contribution < 1.29 is 19.1 Å². The van der Waals surface area contributed by atoms with Crippen molar-refractivity contribution >= 4 is 14.3 Å². The SMILES string of the molecule is CCCCCCCCCCC[C@@H](O)C[C@H](O[Si](C)(C)C(C)(C)C)[C@H](CCCCCC)C(=O)OCc1ccccc1. The fourth-order valence-electron chi connectivity index (χ4n) is 5.01. The van der Waals surface area contributed by atoms with E-state index in [9.17, 15) is 9.90 Å². The van der Waals surface area contributed by atoms with Crippen LogP contribution in [-0.4, -0.2) is 31.6 Å². The highest BCUT2D eigenvalue weighted by molar-refractivity contribution is 6.74. The molecule has 0 radical (unpaired) electrons. The lowest BCUT2D eigenvalue weighted by Crippen LogP contribution is -2.48. The third kappa shape index (κ3) is 15.7. The van der Waals surface area contributed by atoms with E-state index in [0.717, 1.165) is 50.5 Å². The molecule has 0 aliphatic rings. The van der Waals surface area contributed by atoms with E-state index in [1.54, 1.807) is 0 Å². The zero-order valence-corrected chi connectivity index (χ0v) is 28.3. The van der Waals surface area contributed by atoms with Gasteiger partial charge in [0.2, 0.25) is 0 Å². The van der Waals surface area contributed by atoms with E-state index >= 15 is 0 Å². The largest absolute Gasteiger partial charge is 0.461 e. The molecule has 3 atom stereocenters. The quantitative estimate of drug-likeness (QED) is 0.0800. The molecule has 0 aliphatic heterocycles. The van der Waals surface area contributed by atoms with Gasteiger partial charge in [0.1, 0.15) is 6.61 Å². The van der Waals surface area contributed by atoms with Crippen LogP contribution in [0, 0.1) is 5.92 Å². The molecule has 1 aromatic carbocycles. The van der Waals surface area contributed by atoms with Crippen LogP contribution in [0.1, 0.15) is 143 Å². The van der Waals surface area contributed by atoms with Crippen molar-refractivity contribution in [3.63, 3.8) is 0 Å². The first-order chi connectivity index (χ1) is 19.0. The molecule has 1 rings (SSSR count). The number of hydrogen-bond acceptors (Lipinski definition) is 4. The second-order valence-corrected chi connectivity index (χ2v) is 18.2. The number of aliphatic hydroxyl groups excluding tert-OH is 1. The third-order valence-electron chi connectivity index (χ3n) is 8.74. The Morgan fingerprint density at radius 2 is 1.30 bits per heavy atom. The van der Waals surface area contributed by atoms with Gasteiger partial charge in [0.25, 0.3) is 0 Å². The van der Waals surface area contributed by atoms with Crippen LogP contribution in [0.25, 0.3) is 0 Å². The summed E-state index contributed by atoms with van der Waals surface area (Å²) in [5.41, 5.74) is 0.993. The molecule has 0 aliphatic carbocycles. The summed E-state index contributed by atoms with van der Waals surface area (Å²) in [4.78, 5) is 13.6. The van der Waals surface area contributed by atoms with Gasteiger partial charge in [0.05, 0.1) is 18.1 Å². The van der Waals surface area contributed by atoms with Crippen LogP contribution in [0.3, 0.4) is 0 Å². The molecule has 0 heterocycles. The first kappa shape index (κ1) is 36.9. The smallest absolute Gasteiger partial charge is 0.311 e. The van der Waals surface area contributed by atoms with E-state index in [1.165, 1.54) is 51.4 Å². The summed E-state index contributed by atoms with van der Waals surface area (Å²) >= 11 is 0. The summed E-state index contributed by atoms with van der Waals surface area (Å²) in [6, 6.07) is 9.89. The minimum Gasteiger partial charge on any atom is -0.461 e. The maximum absolute atomic E-state index is 13.6. The number of carbonyl (C=O) groups excluding carboxylic acids is 1. The highest BCUT2D eigenvalue weighted by Crippen LogP contribution is 2.39. The Kier molecular flexibility index (Phi) is 19.0. The van der Waals surface area contributed by atoms with Crippen LogP contribution in [0.2, 0.25) is 18.1 Å². The molecular formula is C35H64O4Si. The van der Waals surface area contributed by atoms with Gasteiger partial charge in [-0.2, -0.15) is 0 Å². The zero-order chi connectivity index (χ0) is 29.9. The van der Waals surface area contributed by atoms with E-state index in [0.29, 0.717) is 6.42 Å². The molecule has 0 unspecified atom stereocenters. The minimum absolute atomic E-state index is 0.0219. The Morgan fingerprint density at radius 1 is 0.800 bits per heavy atom. The number of rotatable bonds is 23. The van der Waals surface area contributed by atoms with Crippen molar-refractivity contribution in [1.82, 2.24) is 0 Å². The molecule has 0 amide bonds. The molecule has 4 nitrogen and oxygen atoms in total. The number of hydrogen-bond donors (Lipinski definition) is 1. The van der Waals surface area contributed by atoms with Crippen molar-refractivity contribution in [1.29, 1.82) is 0 Å². The lowest BCUT2D eigenvalue weighted by molar-refractivity contribution is -0.154. The van der Waals surface area contributed by atoms with Crippen molar-refractivity contribution in [3.05, 3.63) is 35.9 Å². The second-order valence-electron chi connectivity index (χ2n) is 13.5. The molecule has 1 N–H and O–H groups in total. The van der Waals surface area contributed by atoms with Crippen molar-refractivity contribution in [2.24, 2.45) is 5.92 Å². The van der Waals surface area contributed by atoms with Crippen LogP contribution >= 0.6 is 0 Å². The zero-order valence-electron chi connectivity index (χ0n) is 27.3.